The summed E-state index contributed by atoms with van der Waals surface area (Å²) in [5.41, 5.74) is 5.47. The number of aromatic nitrogens is 2. The molecule has 4 nitrogen and oxygen atoms in total. The van der Waals surface area contributed by atoms with Gasteiger partial charge in [0.1, 0.15) is 5.82 Å². The predicted molar refractivity (Wildman–Crippen MR) is 68.1 cm³/mol. The van der Waals surface area contributed by atoms with Crippen molar-refractivity contribution in [3.05, 3.63) is 18.2 Å². The number of nitrogens with zero attached hydrogens (tertiary/aromatic N) is 3. The van der Waals surface area contributed by atoms with Crippen LogP contribution in [0.15, 0.2) is 12.4 Å². The Morgan fingerprint density at radius 1 is 1.44 bits per heavy atom. The molecule has 5 heteroatoms. The van der Waals surface area contributed by atoms with E-state index in [2.05, 4.69) is 20.6 Å². The average Bonchev–Trinajstić information content (AvgIpc) is 2.71. The molecule has 0 spiro atoms. The van der Waals surface area contributed by atoms with Crippen molar-refractivity contribution in [2.24, 2.45) is 5.73 Å². The molecule has 0 saturated carbocycles. The quantitative estimate of drug-likeness (QED) is 0.617. The topological polar surface area (TPSA) is 47.1 Å². The minimum absolute atomic E-state index is 0.634. The Bertz CT molecular complexity index is 361. The first kappa shape index (κ1) is 11.5. The van der Waals surface area contributed by atoms with Crippen LogP contribution >= 0.6 is 12.2 Å². The molecule has 2 rings (SSSR count). The second-order valence-corrected chi connectivity index (χ2v) is 4.76. The summed E-state index contributed by atoms with van der Waals surface area (Å²) >= 11 is 4.86. The third-order valence-corrected chi connectivity index (χ3v) is 3.18. The third-order valence-electron chi connectivity index (χ3n) is 2.97. The Labute approximate surface area is 101 Å². The lowest BCUT2D eigenvalue weighted by atomic mass is 10.2. The second kappa shape index (κ2) is 5.41. The van der Waals surface area contributed by atoms with E-state index in [4.69, 9.17) is 18.0 Å². The first-order chi connectivity index (χ1) is 7.75. The molecule has 2 N–H and O–H groups in total. The van der Waals surface area contributed by atoms with E-state index in [1.54, 1.807) is 0 Å². The highest BCUT2D eigenvalue weighted by atomic mass is 32.1. The molecule has 0 unspecified atom stereocenters. The predicted octanol–water partition coefficient (Wildman–Crippen LogP) is 1.16. The zero-order valence-corrected chi connectivity index (χ0v) is 10.2. The summed E-state index contributed by atoms with van der Waals surface area (Å²) in [6, 6.07) is 0. The first-order valence-electron chi connectivity index (χ1n) is 5.76. The van der Waals surface area contributed by atoms with E-state index in [0.717, 1.165) is 45.4 Å². The van der Waals surface area contributed by atoms with Crippen molar-refractivity contribution in [1.29, 1.82) is 0 Å². The van der Waals surface area contributed by atoms with E-state index in [0.29, 0.717) is 4.99 Å². The van der Waals surface area contributed by atoms with Crippen molar-refractivity contribution in [2.45, 2.75) is 32.4 Å². The Morgan fingerprint density at radius 2 is 2.31 bits per heavy atom. The van der Waals surface area contributed by atoms with Gasteiger partial charge in [0.05, 0.1) is 11.5 Å². The maximum absolute atomic E-state index is 5.47. The Balaban J connectivity index is 1.71. The molecule has 1 aliphatic rings. The van der Waals surface area contributed by atoms with Crippen LogP contribution in [0.4, 0.5) is 0 Å². The van der Waals surface area contributed by atoms with Crippen LogP contribution in [-0.2, 0) is 13.1 Å². The lowest BCUT2D eigenvalue weighted by molar-refractivity contribution is 0.213. The fourth-order valence-corrected chi connectivity index (χ4v) is 2.19. The number of fused-ring (bicyclic) bond motifs is 1. The summed E-state index contributed by atoms with van der Waals surface area (Å²) < 4.78 is 2.23. The van der Waals surface area contributed by atoms with Gasteiger partial charge in [0.25, 0.3) is 0 Å². The molecule has 0 atom stereocenters. The van der Waals surface area contributed by atoms with E-state index in [1.807, 2.05) is 6.20 Å². The molecule has 16 heavy (non-hydrogen) atoms. The largest absolute Gasteiger partial charge is 0.393 e. The van der Waals surface area contributed by atoms with Crippen LogP contribution in [-0.4, -0.2) is 32.5 Å². The van der Waals surface area contributed by atoms with Crippen LogP contribution in [0.3, 0.4) is 0 Å². The summed E-state index contributed by atoms with van der Waals surface area (Å²) in [5, 5.41) is 0. The SMILES string of the molecule is NC(=S)CCCCN1CCn2ccnc2C1. The molecule has 0 aliphatic carbocycles. The van der Waals surface area contributed by atoms with Crippen LogP contribution in [0.1, 0.15) is 25.1 Å². The summed E-state index contributed by atoms with van der Waals surface area (Å²) in [5.74, 6) is 1.18. The molecule has 0 saturated heterocycles. The van der Waals surface area contributed by atoms with Gasteiger partial charge in [0.15, 0.2) is 0 Å². The van der Waals surface area contributed by atoms with Crippen LogP contribution in [0.2, 0.25) is 0 Å². The summed E-state index contributed by atoms with van der Waals surface area (Å²) in [6.45, 7) is 4.27. The number of unbranched alkanes of at least 4 members (excludes halogenated alkanes) is 1. The van der Waals surface area contributed by atoms with Gasteiger partial charge in [0, 0.05) is 25.5 Å². The lowest BCUT2D eigenvalue weighted by Crippen LogP contribution is -2.34. The van der Waals surface area contributed by atoms with E-state index < -0.39 is 0 Å². The molecule has 1 aromatic rings. The Kier molecular flexibility index (Phi) is 3.90. The zero-order chi connectivity index (χ0) is 11.4. The number of rotatable bonds is 5. The number of hydrogen-bond acceptors (Lipinski definition) is 3. The van der Waals surface area contributed by atoms with Crippen molar-refractivity contribution in [3.8, 4) is 0 Å². The van der Waals surface area contributed by atoms with Crippen molar-refractivity contribution in [3.63, 3.8) is 0 Å². The molecule has 0 fully saturated rings. The van der Waals surface area contributed by atoms with Crippen molar-refractivity contribution < 1.29 is 0 Å². The number of nitrogens with two attached hydrogens (primary N) is 1. The van der Waals surface area contributed by atoms with Gasteiger partial charge in [-0.2, -0.15) is 0 Å². The summed E-state index contributed by atoms with van der Waals surface area (Å²) in [6.07, 6.45) is 7.07. The van der Waals surface area contributed by atoms with Crippen molar-refractivity contribution >= 4 is 17.2 Å². The van der Waals surface area contributed by atoms with Crippen molar-refractivity contribution in [2.75, 3.05) is 13.1 Å². The number of imidazole rings is 1. The minimum Gasteiger partial charge on any atom is -0.393 e. The van der Waals surface area contributed by atoms with Gasteiger partial charge in [-0.1, -0.05) is 12.2 Å². The third kappa shape index (κ3) is 3.02. The fraction of sp³-hybridized carbons (Fsp3) is 0.636. The second-order valence-electron chi connectivity index (χ2n) is 4.24. The highest BCUT2D eigenvalue weighted by Gasteiger charge is 2.15. The molecule has 1 aromatic heterocycles. The maximum Gasteiger partial charge on any atom is 0.122 e. The Morgan fingerprint density at radius 3 is 3.12 bits per heavy atom. The molecule has 1 aliphatic heterocycles. The first-order valence-corrected chi connectivity index (χ1v) is 6.17. The Hall–Kier alpha value is -0.940. The highest BCUT2D eigenvalue weighted by Crippen LogP contribution is 2.11. The molecular weight excluding hydrogens is 220 g/mol. The average molecular weight is 238 g/mol. The van der Waals surface area contributed by atoms with E-state index >= 15 is 0 Å². The standard InChI is InChI=1S/C11H18N4S/c12-10(16)3-1-2-5-14-7-8-15-6-4-13-11(15)9-14/h4,6H,1-3,5,7-9H2,(H2,12,16). The van der Waals surface area contributed by atoms with Gasteiger partial charge < -0.3 is 10.3 Å². The van der Waals surface area contributed by atoms with Gasteiger partial charge in [-0.3, -0.25) is 4.90 Å². The zero-order valence-electron chi connectivity index (χ0n) is 9.43. The maximum atomic E-state index is 5.47. The number of thiocarbonyl (C=S) groups is 1. The van der Waals surface area contributed by atoms with Crippen LogP contribution in [0.5, 0.6) is 0 Å². The molecular formula is C11H18N4S. The van der Waals surface area contributed by atoms with Gasteiger partial charge >= 0.3 is 0 Å². The van der Waals surface area contributed by atoms with E-state index in [-0.39, 0.29) is 0 Å². The molecule has 0 bridgehead atoms. The molecule has 2 heterocycles. The lowest BCUT2D eigenvalue weighted by Gasteiger charge is -2.27. The summed E-state index contributed by atoms with van der Waals surface area (Å²) in [4.78, 5) is 7.42. The molecule has 0 amide bonds. The normalized spacial score (nSPS) is 16.0. The molecule has 88 valence electrons. The van der Waals surface area contributed by atoms with Crippen LogP contribution in [0, 0.1) is 0 Å². The number of hydrogen-bond donors (Lipinski definition) is 1. The molecule has 0 radical (unpaired) electrons. The van der Waals surface area contributed by atoms with E-state index in [9.17, 15) is 0 Å². The fourth-order valence-electron chi connectivity index (χ4n) is 2.05. The highest BCUT2D eigenvalue weighted by molar-refractivity contribution is 7.80. The monoisotopic (exact) mass is 238 g/mol. The molecule has 0 aromatic carbocycles. The van der Waals surface area contributed by atoms with Crippen LogP contribution < -0.4 is 5.73 Å². The van der Waals surface area contributed by atoms with Crippen molar-refractivity contribution in [1.82, 2.24) is 14.5 Å². The summed E-state index contributed by atoms with van der Waals surface area (Å²) in [7, 11) is 0. The van der Waals surface area contributed by atoms with Gasteiger partial charge in [-0.15, -0.1) is 0 Å². The van der Waals surface area contributed by atoms with Gasteiger partial charge in [0.2, 0.25) is 0 Å². The van der Waals surface area contributed by atoms with Crippen LogP contribution in [0.25, 0.3) is 0 Å². The van der Waals surface area contributed by atoms with E-state index in [1.165, 1.54) is 5.82 Å². The minimum atomic E-state index is 0.634. The smallest absolute Gasteiger partial charge is 0.122 e. The van der Waals surface area contributed by atoms with Gasteiger partial charge in [-0.25, -0.2) is 4.98 Å². The van der Waals surface area contributed by atoms with Gasteiger partial charge in [-0.05, 0) is 25.8 Å².